The van der Waals surface area contributed by atoms with Gasteiger partial charge >= 0.3 is 0 Å². The maximum absolute atomic E-state index is 9.97. The monoisotopic (exact) mass is 287 g/mol. The number of rotatable bonds is 2. The Bertz CT molecular complexity index is 378. The number of hydrogen-bond acceptors (Lipinski definition) is 4. The smallest absolute Gasteiger partial charge is 0.134 e. The van der Waals surface area contributed by atoms with Gasteiger partial charge in [0.25, 0.3) is 0 Å². The topological polar surface area (TPSA) is 50.7 Å². The Morgan fingerprint density at radius 1 is 1.56 bits per heavy atom. The molecule has 1 saturated heterocycles. The maximum atomic E-state index is 9.97. The van der Waals surface area contributed by atoms with Gasteiger partial charge in [0.1, 0.15) is 11.5 Å². The predicted molar refractivity (Wildman–Crippen MR) is 63.9 cm³/mol. The van der Waals surface area contributed by atoms with Gasteiger partial charge in [-0.1, -0.05) is 0 Å². The molecule has 0 radical (unpaired) electrons. The van der Waals surface area contributed by atoms with Crippen molar-refractivity contribution in [2.24, 2.45) is 0 Å². The summed E-state index contributed by atoms with van der Waals surface area (Å²) in [6.45, 7) is 2.06. The molecule has 1 heterocycles. The summed E-state index contributed by atoms with van der Waals surface area (Å²) in [5.41, 5.74) is 0.797. The number of nitrogens with one attached hydrogen (secondary N) is 1. The van der Waals surface area contributed by atoms with E-state index in [9.17, 15) is 5.11 Å². The van der Waals surface area contributed by atoms with Crippen LogP contribution in [-0.2, 0) is 4.74 Å². The SMILES string of the molecule is COc1cc(Br)c(O)c([C@H]2COCCN2)c1. The molecule has 0 amide bonds. The van der Waals surface area contributed by atoms with Gasteiger partial charge in [-0.05, 0) is 28.1 Å². The van der Waals surface area contributed by atoms with Crippen LogP contribution in [0.15, 0.2) is 16.6 Å². The van der Waals surface area contributed by atoms with Crippen LogP contribution in [-0.4, -0.2) is 32.0 Å². The van der Waals surface area contributed by atoms with Crippen LogP contribution in [0.3, 0.4) is 0 Å². The fraction of sp³-hybridized carbons (Fsp3) is 0.455. The minimum atomic E-state index is 0.0140. The lowest BCUT2D eigenvalue weighted by molar-refractivity contribution is 0.0760. The zero-order valence-corrected chi connectivity index (χ0v) is 10.6. The first-order valence-electron chi connectivity index (χ1n) is 5.10. The lowest BCUT2D eigenvalue weighted by atomic mass is 10.1. The van der Waals surface area contributed by atoms with Gasteiger partial charge in [-0.25, -0.2) is 0 Å². The van der Waals surface area contributed by atoms with Crippen LogP contribution < -0.4 is 10.1 Å². The fourth-order valence-electron chi connectivity index (χ4n) is 1.74. The molecule has 1 aliphatic heterocycles. The fourth-order valence-corrected chi connectivity index (χ4v) is 2.20. The predicted octanol–water partition coefficient (Wildman–Crippen LogP) is 1.82. The van der Waals surface area contributed by atoms with Crippen molar-refractivity contribution in [1.82, 2.24) is 5.32 Å². The Morgan fingerprint density at radius 2 is 2.38 bits per heavy atom. The van der Waals surface area contributed by atoms with Crippen LogP contribution in [0, 0.1) is 0 Å². The van der Waals surface area contributed by atoms with E-state index in [1.165, 1.54) is 0 Å². The summed E-state index contributed by atoms with van der Waals surface area (Å²) in [6.07, 6.45) is 0. The van der Waals surface area contributed by atoms with Crippen molar-refractivity contribution in [3.05, 3.63) is 22.2 Å². The Balaban J connectivity index is 2.33. The second-order valence-electron chi connectivity index (χ2n) is 3.63. The van der Waals surface area contributed by atoms with Crippen molar-refractivity contribution in [3.63, 3.8) is 0 Å². The highest BCUT2D eigenvalue weighted by Gasteiger charge is 2.20. The molecular formula is C11H14BrNO3. The molecule has 1 aliphatic rings. The van der Waals surface area contributed by atoms with Crippen LogP contribution in [0.1, 0.15) is 11.6 Å². The lowest BCUT2D eigenvalue weighted by Gasteiger charge is -2.25. The number of ether oxygens (including phenoxy) is 2. The summed E-state index contributed by atoms with van der Waals surface area (Å²) in [5, 5.41) is 13.3. The first-order chi connectivity index (χ1) is 7.72. The molecule has 1 aromatic rings. The Morgan fingerprint density at radius 3 is 3.00 bits per heavy atom. The van der Waals surface area contributed by atoms with Crippen molar-refractivity contribution in [3.8, 4) is 11.5 Å². The molecule has 1 fully saturated rings. The van der Waals surface area contributed by atoms with Crippen molar-refractivity contribution in [2.45, 2.75) is 6.04 Å². The largest absolute Gasteiger partial charge is 0.506 e. The Kier molecular flexibility index (Phi) is 3.68. The van der Waals surface area contributed by atoms with E-state index in [2.05, 4.69) is 21.2 Å². The quantitative estimate of drug-likeness (QED) is 0.871. The number of hydrogen-bond donors (Lipinski definition) is 2. The van der Waals surface area contributed by atoms with Gasteiger partial charge in [0, 0.05) is 12.1 Å². The highest BCUT2D eigenvalue weighted by Crippen LogP contribution is 2.36. The second-order valence-corrected chi connectivity index (χ2v) is 4.48. The number of phenols is 1. The van der Waals surface area contributed by atoms with Gasteiger partial charge < -0.3 is 19.9 Å². The molecule has 5 heteroatoms. The van der Waals surface area contributed by atoms with E-state index < -0.39 is 0 Å². The molecular weight excluding hydrogens is 274 g/mol. The third-order valence-electron chi connectivity index (χ3n) is 2.60. The van der Waals surface area contributed by atoms with Crippen LogP contribution in [0.4, 0.5) is 0 Å². The van der Waals surface area contributed by atoms with Crippen molar-refractivity contribution < 1.29 is 14.6 Å². The number of phenolic OH excluding ortho intramolecular Hbond substituents is 1. The van der Waals surface area contributed by atoms with E-state index in [0.29, 0.717) is 23.4 Å². The molecule has 16 heavy (non-hydrogen) atoms. The van der Waals surface area contributed by atoms with E-state index in [4.69, 9.17) is 9.47 Å². The van der Waals surface area contributed by atoms with Crippen LogP contribution in [0.25, 0.3) is 0 Å². The van der Waals surface area contributed by atoms with E-state index >= 15 is 0 Å². The molecule has 1 atom stereocenters. The highest BCUT2D eigenvalue weighted by atomic mass is 79.9. The summed E-state index contributed by atoms with van der Waals surface area (Å²) >= 11 is 3.31. The molecule has 1 aromatic carbocycles. The number of benzene rings is 1. The first kappa shape index (κ1) is 11.7. The van der Waals surface area contributed by atoms with Crippen LogP contribution in [0.5, 0.6) is 11.5 Å². The zero-order valence-electron chi connectivity index (χ0n) is 9.00. The average molecular weight is 288 g/mol. The number of halogens is 1. The summed E-state index contributed by atoms with van der Waals surface area (Å²) in [7, 11) is 1.60. The number of morpholine rings is 1. The molecule has 4 nitrogen and oxygen atoms in total. The molecule has 0 unspecified atom stereocenters. The maximum Gasteiger partial charge on any atom is 0.134 e. The second kappa shape index (κ2) is 5.03. The van der Waals surface area contributed by atoms with E-state index in [0.717, 1.165) is 12.1 Å². The zero-order chi connectivity index (χ0) is 11.5. The molecule has 0 aromatic heterocycles. The van der Waals surface area contributed by atoms with Gasteiger partial charge in [-0.3, -0.25) is 0 Å². The summed E-state index contributed by atoms with van der Waals surface area (Å²) < 4.78 is 11.2. The molecule has 0 spiro atoms. The van der Waals surface area contributed by atoms with E-state index in [1.54, 1.807) is 13.2 Å². The van der Waals surface area contributed by atoms with E-state index in [1.807, 2.05) is 6.07 Å². The summed E-state index contributed by atoms with van der Waals surface area (Å²) in [5.74, 6) is 0.954. The van der Waals surface area contributed by atoms with Gasteiger partial charge in [-0.15, -0.1) is 0 Å². The van der Waals surface area contributed by atoms with Crippen molar-refractivity contribution in [2.75, 3.05) is 26.9 Å². The summed E-state index contributed by atoms with van der Waals surface area (Å²) in [6, 6.07) is 3.58. The normalized spacial score (nSPS) is 20.8. The molecule has 0 aliphatic carbocycles. The first-order valence-corrected chi connectivity index (χ1v) is 5.89. The average Bonchev–Trinajstić information content (AvgIpc) is 2.33. The molecule has 2 N–H and O–H groups in total. The Labute approximate surface area is 103 Å². The van der Waals surface area contributed by atoms with Gasteiger partial charge in [0.05, 0.1) is 30.8 Å². The van der Waals surface area contributed by atoms with Gasteiger partial charge in [-0.2, -0.15) is 0 Å². The summed E-state index contributed by atoms with van der Waals surface area (Å²) in [4.78, 5) is 0. The minimum Gasteiger partial charge on any atom is -0.506 e. The number of methoxy groups -OCH3 is 1. The third-order valence-corrected chi connectivity index (χ3v) is 3.20. The standard InChI is InChI=1S/C11H14BrNO3/c1-15-7-4-8(11(14)9(12)5-7)10-6-16-3-2-13-10/h4-5,10,13-14H,2-3,6H2,1H3/t10-/m1/s1. The van der Waals surface area contributed by atoms with Crippen molar-refractivity contribution in [1.29, 1.82) is 0 Å². The molecule has 2 rings (SSSR count). The van der Waals surface area contributed by atoms with Crippen LogP contribution in [0.2, 0.25) is 0 Å². The highest BCUT2D eigenvalue weighted by molar-refractivity contribution is 9.10. The third kappa shape index (κ3) is 2.31. The van der Waals surface area contributed by atoms with Gasteiger partial charge in [0.15, 0.2) is 0 Å². The van der Waals surface area contributed by atoms with E-state index in [-0.39, 0.29) is 11.8 Å². The Hall–Kier alpha value is -0.780. The van der Waals surface area contributed by atoms with Crippen LogP contribution >= 0.6 is 15.9 Å². The molecule has 0 saturated carbocycles. The van der Waals surface area contributed by atoms with Gasteiger partial charge in [0.2, 0.25) is 0 Å². The van der Waals surface area contributed by atoms with Crippen molar-refractivity contribution >= 4 is 15.9 Å². The minimum absolute atomic E-state index is 0.0140. The molecule has 88 valence electrons. The lowest BCUT2D eigenvalue weighted by Crippen LogP contribution is -2.34. The molecule has 0 bridgehead atoms. The number of aromatic hydroxyl groups is 1.